The third-order valence-electron chi connectivity index (χ3n) is 4.12. The molecule has 0 saturated heterocycles. The number of ketones is 1. The predicted molar refractivity (Wildman–Crippen MR) is 106 cm³/mol. The van der Waals surface area contributed by atoms with Crippen LogP contribution in [0.25, 0.3) is 11.0 Å². The van der Waals surface area contributed by atoms with Crippen molar-refractivity contribution in [2.24, 2.45) is 5.92 Å². The minimum atomic E-state index is -0.106. The van der Waals surface area contributed by atoms with Gasteiger partial charge in [-0.2, -0.15) is 0 Å². The fraction of sp³-hybridized carbons (Fsp3) is 0.250. The molecule has 1 aromatic heterocycles. The van der Waals surface area contributed by atoms with Crippen LogP contribution in [-0.2, 0) is 6.42 Å². The standard InChI is InChI=1S/C20H18Br2O3/c1-11(2)7-8-17-18(13-5-3-4-6-16(13)25-17)19(23)12-9-14(21)20(24)15(22)10-12/h3-6,9-11,24H,7-8H2,1-2H3. The molecule has 1 heterocycles. The highest BCUT2D eigenvalue weighted by Crippen LogP contribution is 2.36. The first-order valence-corrected chi connectivity index (χ1v) is 9.70. The molecule has 0 unspecified atom stereocenters. The maximum Gasteiger partial charge on any atom is 0.197 e. The smallest absolute Gasteiger partial charge is 0.197 e. The maximum absolute atomic E-state index is 13.2. The molecule has 2 aromatic carbocycles. The summed E-state index contributed by atoms with van der Waals surface area (Å²) in [6.45, 7) is 4.30. The number of hydrogen-bond donors (Lipinski definition) is 1. The van der Waals surface area contributed by atoms with Gasteiger partial charge in [-0.1, -0.05) is 32.0 Å². The van der Waals surface area contributed by atoms with Crippen LogP contribution in [0.2, 0.25) is 0 Å². The quantitative estimate of drug-likeness (QED) is 0.438. The second kappa shape index (κ2) is 7.34. The summed E-state index contributed by atoms with van der Waals surface area (Å²) in [5, 5.41) is 10.7. The first-order valence-electron chi connectivity index (χ1n) is 8.11. The van der Waals surface area contributed by atoms with E-state index in [4.69, 9.17) is 4.42 Å². The number of furan rings is 1. The lowest BCUT2D eigenvalue weighted by molar-refractivity contribution is 0.103. The van der Waals surface area contributed by atoms with Crippen LogP contribution in [0.3, 0.4) is 0 Å². The van der Waals surface area contributed by atoms with E-state index in [0.717, 1.165) is 23.2 Å². The van der Waals surface area contributed by atoms with Gasteiger partial charge in [0.1, 0.15) is 17.1 Å². The summed E-state index contributed by atoms with van der Waals surface area (Å²) in [6.07, 6.45) is 1.66. The minimum Gasteiger partial charge on any atom is -0.506 e. The second-order valence-electron chi connectivity index (χ2n) is 6.45. The molecular formula is C20H18Br2O3. The van der Waals surface area contributed by atoms with Crippen molar-refractivity contribution in [1.82, 2.24) is 0 Å². The van der Waals surface area contributed by atoms with Gasteiger partial charge in [0.05, 0.1) is 14.5 Å². The van der Waals surface area contributed by atoms with Gasteiger partial charge in [0.15, 0.2) is 5.78 Å². The summed E-state index contributed by atoms with van der Waals surface area (Å²) in [4.78, 5) is 13.2. The highest BCUT2D eigenvalue weighted by Gasteiger charge is 2.23. The van der Waals surface area contributed by atoms with E-state index in [1.165, 1.54) is 0 Å². The number of para-hydroxylation sites is 1. The van der Waals surface area contributed by atoms with Crippen molar-refractivity contribution < 1.29 is 14.3 Å². The van der Waals surface area contributed by atoms with Gasteiger partial charge in [-0.25, -0.2) is 0 Å². The molecule has 3 aromatic rings. The number of aromatic hydroxyl groups is 1. The highest BCUT2D eigenvalue weighted by molar-refractivity contribution is 9.11. The highest BCUT2D eigenvalue weighted by atomic mass is 79.9. The van der Waals surface area contributed by atoms with Gasteiger partial charge in [0, 0.05) is 17.4 Å². The predicted octanol–water partition coefficient (Wildman–Crippen LogP) is 6.48. The zero-order chi connectivity index (χ0) is 18.1. The van der Waals surface area contributed by atoms with Gasteiger partial charge < -0.3 is 9.52 Å². The van der Waals surface area contributed by atoms with Gasteiger partial charge in [-0.05, 0) is 62.4 Å². The molecule has 0 spiro atoms. The van der Waals surface area contributed by atoms with Crippen LogP contribution < -0.4 is 0 Å². The van der Waals surface area contributed by atoms with Gasteiger partial charge in [0.25, 0.3) is 0 Å². The summed E-state index contributed by atoms with van der Waals surface area (Å²) in [7, 11) is 0. The molecule has 0 aliphatic rings. The molecule has 0 aliphatic carbocycles. The molecule has 5 heteroatoms. The third-order valence-corrected chi connectivity index (χ3v) is 5.33. The summed E-state index contributed by atoms with van der Waals surface area (Å²) < 4.78 is 6.93. The number of carbonyl (C=O) groups is 1. The lowest BCUT2D eigenvalue weighted by Crippen LogP contribution is -2.05. The summed E-state index contributed by atoms with van der Waals surface area (Å²) in [6, 6.07) is 10.9. The molecule has 0 amide bonds. The molecule has 0 aliphatic heterocycles. The number of phenolic OH excluding ortho intramolecular Hbond substituents is 1. The van der Waals surface area contributed by atoms with Crippen LogP contribution in [0.5, 0.6) is 5.75 Å². The van der Waals surface area contributed by atoms with Crippen LogP contribution in [-0.4, -0.2) is 10.9 Å². The average Bonchev–Trinajstić information content (AvgIpc) is 2.95. The van der Waals surface area contributed by atoms with Gasteiger partial charge in [-0.3, -0.25) is 4.79 Å². The van der Waals surface area contributed by atoms with Crippen LogP contribution in [0.4, 0.5) is 0 Å². The van der Waals surface area contributed by atoms with E-state index >= 15 is 0 Å². The molecule has 0 fully saturated rings. The zero-order valence-electron chi connectivity index (χ0n) is 14.0. The Bertz CT molecular complexity index is 918. The van der Waals surface area contributed by atoms with Crippen molar-refractivity contribution in [3.63, 3.8) is 0 Å². The van der Waals surface area contributed by atoms with Crippen LogP contribution >= 0.6 is 31.9 Å². The minimum absolute atomic E-state index is 0.0774. The van der Waals surface area contributed by atoms with Crippen molar-refractivity contribution in [2.45, 2.75) is 26.7 Å². The lowest BCUT2D eigenvalue weighted by atomic mass is 9.97. The number of aryl methyl sites for hydroxylation is 1. The Labute approximate surface area is 163 Å². The Morgan fingerprint density at radius 3 is 2.44 bits per heavy atom. The van der Waals surface area contributed by atoms with Gasteiger partial charge in [0.2, 0.25) is 0 Å². The van der Waals surface area contributed by atoms with Gasteiger partial charge >= 0.3 is 0 Å². The molecule has 0 saturated carbocycles. The molecule has 0 atom stereocenters. The normalized spacial score (nSPS) is 11.4. The first-order chi connectivity index (χ1) is 11.9. The lowest BCUT2D eigenvalue weighted by Gasteiger charge is -2.07. The Morgan fingerprint density at radius 2 is 1.80 bits per heavy atom. The van der Waals surface area contributed by atoms with E-state index < -0.39 is 0 Å². The monoisotopic (exact) mass is 464 g/mol. The van der Waals surface area contributed by atoms with Gasteiger partial charge in [-0.15, -0.1) is 0 Å². The summed E-state index contributed by atoms with van der Waals surface area (Å²) >= 11 is 6.58. The van der Waals surface area contributed by atoms with E-state index in [-0.39, 0.29) is 11.5 Å². The molecule has 0 bridgehead atoms. The Hall–Kier alpha value is -1.59. The number of fused-ring (bicyclic) bond motifs is 1. The first kappa shape index (κ1) is 18.2. The molecule has 1 N–H and O–H groups in total. The van der Waals surface area contributed by atoms with E-state index in [1.54, 1.807) is 12.1 Å². The number of rotatable bonds is 5. The van der Waals surface area contributed by atoms with E-state index in [9.17, 15) is 9.90 Å². The number of phenols is 1. The largest absolute Gasteiger partial charge is 0.506 e. The average molecular weight is 466 g/mol. The third kappa shape index (κ3) is 3.67. The van der Waals surface area contributed by atoms with Crippen molar-refractivity contribution >= 4 is 48.6 Å². The van der Waals surface area contributed by atoms with E-state index in [0.29, 0.717) is 32.4 Å². The van der Waals surface area contributed by atoms with E-state index in [1.807, 2.05) is 24.3 Å². The molecule has 130 valence electrons. The topological polar surface area (TPSA) is 50.4 Å². The molecular weight excluding hydrogens is 448 g/mol. The Morgan fingerprint density at radius 1 is 1.16 bits per heavy atom. The van der Waals surface area contributed by atoms with Crippen molar-refractivity contribution in [2.75, 3.05) is 0 Å². The maximum atomic E-state index is 13.2. The summed E-state index contributed by atoms with van der Waals surface area (Å²) in [5.41, 5.74) is 1.83. The fourth-order valence-corrected chi connectivity index (χ4v) is 3.97. The SMILES string of the molecule is CC(C)CCc1oc2ccccc2c1C(=O)c1cc(Br)c(O)c(Br)c1. The zero-order valence-corrected chi connectivity index (χ0v) is 17.1. The molecule has 25 heavy (non-hydrogen) atoms. The molecule has 0 radical (unpaired) electrons. The van der Waals surface area contributed by atoms with Crippen molar-refractivity contribution in [1.29, 1.82) is 0 Å². The Balaban J connectivity index is 2.12. The van der Waals surface area contributed by atoms with Crippen molar-refractivity contribution in [3.8, 4) is 5.75 Å². The number of halogens is 2. The summed E-state index contributed by atoms with van der Waals surface area (Å²) in [5.74, 6) is 1.21. The molecule has 3 rings (SSSR count). The Kier molecular flexibility index (Phi) is 5.35. The van der Waals surface area contributed by atoms with Crippen molar-refractivity contribution in [3.05, 3.63) is 62.2 Å². The second-order valence-corrected chi connectivity index (χ2v) is 8.16. The molecule has 3 nitrogen and oxygen atoms in total. The van der Waals surface area contributed by atoms with Crippen LogP contribution in [0.15, 0.2) is 49.8 Å². The van der Waals surface area contributed by atoms with Crippen LogP contribution in [0.1, 0.15) is 41.9 Å². The number of carbonyl (C=O) groups excluding carboxylic acids is 1. The van der Waals surface area contributed by atoms with E-state index in [2.05, 4.69) is 45.7 Å². The number of hydrogen-bond acceptors (Lipinski definition) is 3. The number of benzene rings is 2. The fourth-order valence-electron chi connectivity index (χ4n) is 2.78. The van der Waals surface area contributed by atoms with Crippen LogP contribution in [0, 0.1) is 5.92 Å².